The number of para-hydroxylation sites is 1. The van der Waals surface area contributed by atoms with Gasteiger partial charge in [0, 0.05) is 12.3 Å². The predicted octanol–water partition coefficient (Wildman–Crippen LogP) is 3.88. The highest BCUT2D eigenvalue weighted by Crippen LogP contribution is 2.28. The molecule has 1 atom stereocenters. The molecule has 0 radical (unpaired) electrons. The highest BCUT2D eigenvalue weighted by Gasteiger charge is 2.13. The van der Waals surface area contributed by atoms with Gasteiger partial charge in [-0.05, 0) is 24.0 Å². The molecule has 1 heterocycles. The second-order valence-corrected chi connectivity index (χ2v) is 6.14. The molecule has 0 aliphatic carbocycles. The molecule has 5 nitrogen and oxygen atoms in total. The third-order valence-electron chi connectivity index (χ3n) is 3.53. The monoisotopic (exact) mass is 332 g/mol. The Balaban J connectivity index is 1.95. The number of benzene rings is 1. The fourth-order valence-corrected chi connectivity index (χ4v) is 2.80. The van der Waals surface area contributed by atoms with Crippen LogP contribution in [0.25, 0.3) is 0 Å². The quantitative estimate of drug-likeness (QED) is 0.781. The minimum absolute atomic E-state index is 0.0948. The van der Waals surface area contributed by atoms with E-state index in [-0.39, 0.29) is 18.3 Å². The van der Waals surface area contributed by atoms with Gasteiger partial charge in [-0.2, -0.15) is 0 Å². The van der Waals surface area contributed by atoms with E-state index in [9.17, 15) is 9.59 Å². The number of aromatic nitrogens is 1. The maximum Gasteiger partial charge on any atom is 0.264 e. The summed E-state index contributed by atoms with van der Waals surface area (Å²) in [5.41, 5.74) is 1.45. The van der Waals surface area contributed by atoms with E-state index < -0.39 is 0 Å². The molecule has 2 aromatic rings. The largest absolute Gasteiger partial charge is 0.483 e. The highest BCUT2D eigenvalue weighted by molar-refractivity contribution is 7.14. The zero-order valence-corrected chi connectivity index (χ0v) is 14.3. The molecular formula is C17H20N2O3S. The van der Waals surface area contributed by atoms with Crippen molar-refractivity contribution in [2.45, 2.75) is 33.1 Å². The van der Waals surface area contributed by atoms with E-state index in [2.05, 4.69) is 24.1 Å². The van der Waals surface area contributed by atoms with Crippen molar-refractivity contribution in [1.82, 2.24) is 4.98 Å². The van der Waals surface area contributed by atoms with Crippen molar-refractivity contribution in [2.24, 2.45) is 0 Å². The highest BCUT2D eigenvalue weighted by atomic mass is 32.1. The Bertz CT molecular complexity index is 697. The van der Waals surface area contributed by atoms with Gasteiger partial charge in [0.1, 0.15) is 11.4 Å². The molecule has 23 heavy (non-hydrogen) atoms. The lowest BCUT2D eigenvalue weighted by Crippen LogP contribution is -2.20. The summed E-state index contributed by atoms with van der Waals surface area (Å²) < 4.78 is 5.65. The molecule has 0 spiro atoms. The molecule has 1 aromatic heterocycles. The third kappa shape index (κ3) is 4.63. The van der Waals surface area contributed by atoms with Gasteiger partial charge in [0.2, 0.25) is 0 Å². The normalized spacial score (nSPS) is 11.8. The van der Waals surface area contributed by atoms with Crippen LogP contribution < -0.4 is 10.1 Å². The first-order valence-electron chi connectivity index (χ1n) is 7.49. The number of ketones is 1. The van der Waals surface area contributed by atoms with Crippen molar-refractivity contribution in [3.05, 3.63) is 40.9 Å². The molecule has 2 rings (SSSR count). The van der Waals surface area contributed by atoms with Crippen molar-refractivity contribution in [1.29, 1.82) is 0 Å². The van der Waals surface area contributed by atoms with Gasteiger partial charge < -0.3 is 4.74 Å². The number of carbonyl (C=O) groups is 2. The topological polar surface area (TPSA) is 68.3 Å². The first kappa shape index (κ1) is 17.1. The van der Waals surface area contributed by atoms with Gasteiger partial charge >= 0.3 is 0 Å². The lowest BCUT2D eigenvalue weighted by Gasteiger charge is -2.15. The van der Waals surface area contributed by atoms with Crippen LogP contribution in [0.2, 0.25) is 0 Å². The number of amides is 1. The van der Waals surface area contributed by atoms with Gasteiger partial charge in [-0.1, -0.05) is 32.0 Å². The van der Waals surface area contributed by atoms with Crippen LogP contribution >= 0.6 is 11.3 Å². The number of nitrogens with zero attached hydrogens (tertiary/aromatic N) is 1. The zero-order valence-electron chi connectivity index (χ0n) is 13.5. The van der Waals surface area contributed by atoms with Crippen LogP contribution in [-0.2, 0) is 4.79 Å². The summed E-state index contributed by atoms with van der Waals surface area (Å²) >= 11 is 1.22. The zero-order chi connectivity index (χ0) is 16.8. The van der Waals surface area contributed by atoms with E-state index in [4.69, 9.17) is 4.74 Å². The van der Waals surface area contributed by atoms with Crippen molar-refractivity contribution < 1.29 is 14.3 Å². The van der Waals surface area contributed by atoms with Crippen LogP contribution in [0.4, 0.5) is 5.13 Å². The summed E-state index contributed by atoms with van der Waals surface area (Å²) in [5, 5.41) is 4.67. The number of carbonyl (C=O) groups excluding carboxylic acids is 2. The van der Waals surface area contributed by atoms with Gasteiger partial charge in [0.15, 0.2) is 17.5 Å². The Hall–Kier alpha value is -2.21. The van der Waals surface area contributed by atoms with E-state index in [1.807, 2.05) is 24.3 Å². The van der Waals surface area contributed by atoms with Crippen molar-refractivity contribution in [3.63, 3.8) is 0 Å². The number of rotatable bonds is 7. The van der Waals surface area contributed by atoms with Gasteiger partial charge in [-0.15, -0.1) is 11.3 Å². The van der Waals surface area contributed by atoms with E-state index in [1.165, 1.54) is 18.3 Å². The summed E-state index contributed by atoms with van der Waals surface area (Å²) in [6, 6.07) is 7.74. The van der Waals surface area contributed by atoms with Crippen LogP contribution in [0, 0.1) is 0 Å². The second kappa shape index (κ2) is 7.87. The SMILES string of the molecule is CC[C@@H](C)c1ccccc1OCC(=O)Nc1nc(C(C)=O)cs1. The van der Waals surface area contributed by atoms with Crippen LogP contribution in [-0.4, -0.2) is 23.3 Å². The summed E-state index contributed by atoms with van der Waals surface area (Å²) in [5.74, 6) is 0.667. The lowest BCUT2D eigenvalue weighted by atomic mass is 9.98. The summed E-state index contributed by atoms with van der Waals surface area (Å²) in [4.78, 5) is 27.2. The Kier molecular flexibility index (Phi) is 5.87. The molecule has 0 aliphatic heterocycles. The molecule has 1 amide bonds. The van der Waals surface area contributed by atoms with Crippen molar-refractivity contribution in [2.75, 3.05) is 11.9 Å². The van der Waals surface area contributed by atoms with Gasteiger partial charge in [-0.3, -0.25) is 14.9 Å². The summed E-state index contributed by atoms with van der Waals surface area (Å²) in [6.07, 6.45) is 1.000. The Morgan fingerprint density at radius 2 is 2.09 bits per heavy atom. The number of hydrogen-bond acceptors (Lipinski definition) is 5. The van der Waals surface area contributed by atoms with Crippen molar-refractivity contribution in [3.8, 4) is 5.75 Å². The Labute approximate surface area is 139 Å². The molecule has 0 aliphatic rings. The van der Waals surface area contributed by atoms with E-state index in [1.54, 1.807) is 5.38 Å². The maximum absolute atomic E-state index is 12.0. The number of ether oxygens (including phenoxy) is 1. The minimum Gasteiger partial charge on any atom is -0.483 e. The van der Waals surface area contributed by atoms with Gasteiger partial charge in [0.25, 0.3) is 5.91 Å². The Morgan fingerprint density at radius 1 is 1.35 bits per heavy atom. The minimum atomic E-state index is -0.298. The second-order valence-electron chi connectivity index (χ2n) is 5.28. The van der Waals surface area contributed by atoms with Gasteiger partial charge in [0.05, 0.1) is 0 Å². The molecule has 122 valence electrons. The first-order chi connectivity index (χ1) is 11.0. The fraction of sp³-hybridized carbons (Fsp3) is 0.353. The molecule has 0 fully saturated rings. The molecule has 1 N–H and O–H groups in total. The molecule has 0 unspecified atom stereocenters. The molecule has 0 bridgehead atoms. The average Bonchev–Trinajstić information content (AvgIpc) is 3.01. The van der Waals surface area contributed by atoms with Crippen LogP contribution in [0.15, 0.2) is 29.6 Å². The van der Waals surface area contributed by atoms with Crippen molar-refractivity contribution >= 4 is 28.2 Å². The van der Waals surface area contributed by atoms with E-state index in [0.717, 1.165) is 17.7 Å². The number of anilines is 1. The molecule has 1 aromatic carbocycles. The van der Waals surface area contributed by atoms with E-state index in [0.29, 0.717) is 16.7 Å². The fourth-order valence-electron chi connectivity index (χ4n) is 2.03. The average molecular weight is 332 g/mol. The standard InChI is InChI=1S/C17H20N2O3S/c1-4-11(2)13-7-5-6-8-15(13)22-9-16(21)19-17-18-14(10-23-17)12(3)20/h5-8,10-11H,4,9H2,1-3H3,(H,18,19,21)/t11-/m1/s1. The lowest BCUT2D eigenvalue weighted by molar-refractivity contribution is -0.118. The smallest absolute Gasteiger partial charge is 0.264 e. The van der Waals surface area contributed by atoms with Crippen LogP contribution in [0.5, 0.6) is 5.75 Å². The van der Waals surface area contributed by atoms with Gasteiger partial charge in [-0.25, -0.2) is 4.98 Å². The first-order valence-corrected chi connectivity index (χ1v) is 8.37. The van der Waals surface area contributed by atoms with Crippen LogP contribution in [0.3, 0.4) is 0 Å². The maximum atomic E-state index is 12.0. The summed E-state index contributed by atoms with van der Waals surface area (Å²) in [7, 11) is 0. The number of Topliss-reactive ketones (excluding diaryl/α,β-unsaturated/α-hetero) is 1. The summed E-state index contributed by atoms with van der Waals surface area (Å²) in [6.45, 7) is 5.59. The number of hydrogen-bond donors (Lipinski definition) is 1. The molecule has 0 saturated heterocycles. The predicted molar refractivity (Wildman–Crippen MR) is 91.4 cm³/mol. The number of thiazole rings is 1. The Morgan fingerprint density at radius 3 is 2.74 bits per heavy atom. The molecule has 0 saturated carbocycles. The molecular weight excluding hydrogens is 312 g/mol. The van der Waals surface area contributed by atoms with E-state index >= 15 is 0 Å². The van der Waals surface area contributed by atoms with Crippen LogP contribution in [0.1, 0.15) is 49.2 Å². The third-order valence-corrected chi connectivity index (χ3v) is 4.29. The number of nitrogens with one attached hydrogen (secondary N) is 1. The molecule has 6 heteroatoms.